The molecular weight excluding hydrogens is 1790 g/mol. The van der Waals surface area contributed by atoms with E-state index in [1.165, 1.54) is 21.9 Å². The Morgan fingerprint density at radius 2 is 0.716 bits per heavy atom. The van der Waals surface area contributed by atoms with Crippen molar-refractivity contribution < 1.29 is 61.2 Å². The van der Waals surface area contributed by atoms with Crippen molar-refractivity contribution in [3.63, 3.8) is 0 Å². The van der Waals surface area contributed by atoms with Crippen molar-refractivity contribution in [2.24, 2.45) is 0 Å². The van der Waals surface area contributed by atoms with Crippen LogP contribution in [-0.4, -0.2) is 39.3 Å². The molecule has 2 N–H and O–H groups in total. The zero-order valence-electron chi connectivity index (χ0n) is 65.5. The van der Waals surface area contributed by atoms with Crippen LogP contribution in [0.3, 0.4) is 0 Å². The van der Waals surface area contributed by atoms with Gasteiger partial charge in [0.1, 0.15) is 45.5 Å². The molecule has 0 aliphatic carbocycles. The minimum absolute atomic E-state index is 0. The van der Waals surface area contributed by atoms with Crippen molar-refractivity contribution in [3.8, 4) is 113 Å². The molecule has 0 amide bonds. The largest absolute Gasteiger partial charge is 0.507 e. The van der Waals surface area contributed by atoms with Gasteiger partial charge in [-0.05, 0) is 145 Å². The summed E-state index contributed by atoms with van der Waals surface area (Å²) in [5, 5.41) is 31.5. The quantitative estimate of drug-likeness (QED) is 0.130. The van der Waals surface area contributed by atoms with E-state index in [1.807, 2.05) is 85.2 Å². The molecular formula is C104H80N6O4Pt2-2. The Hall–Kier alpha value is -12.6. The van der Waals surface area contributed by atoms with Gasteiger partial charge in [-0.2, -0.15) is 0 Å². The molecule has 0 aliphatic heterocycles. The average Bonchev–Trinajstić information content (AvgIpc) is 1.58. The van der Waals surface area contributed by atoms with Crippen LogP contribution in [0.15, 0.2) is 318 Å². The average molecular weight is 1870 g/mol. The molecule has 0 fully saturated rings. The molecule has 20 rings (SSSR count). The molecule has 0 bridgehead atoms. The molecule has 0 unspecified atom stereocenters. The maximum atomic E-state index is 11.4. The predicted octanol–water partition coefficient (Wildman–Crippen LogP) is 27.2. The monoisotopic (exact) mass is 1870 g/mol. The van der Waals surface area contributed by atoms with Crippen molar-refractivity contribution in [1.82, 2.24) is 29.1 Å². The number of aromatic hydroxyl groups is 2. The number of imidazole rings is 2. The molecule has 0 aliphatic rings. The SMILES string of the molecule is CC(C)(C)c1cc(-c2cccc3c2nc(-c2ccccc2O)n3-c2ccc(C(C)(C)C)cc2-c2ccccc2)[c-]c(-c2nccc3c2oc2ccc4ccccc4c23)c1.CC(C)(C)c1ccc(-n2c(-c3ccccc3O)nc3c(-c4[c-]c(-c5nccc6c5oc5ccc7ccccc7c56)ccc4)cccc32)c(-c2ccccc2)c1.[Pt].[Pt]. The van der Waals surface area contributed by atoms with Crippen molar-refractivity contribution in [2.45, 2.75) is 78.6 Å². The van der Waals surface area contributed by atoms with Gasteiger partial charge >= 0.3 is 0 Å². The second-order valence-corrected chi connectivity index (χ2v) is 32.6. The molecule has 10 nitrogen and oxygen atoms in total. The number of hydrogen-bond donors (Lipinski definition) is 2. The van der Waals surface area contributed by atoms with Crippen LogP contribution < -0.4 is 0 Å². The van der Waals surface area contributed by atoms with Gasteiger partial charge in [0.25, 0.3) is 0 Å². The first-order chi connectivity index (χ1) is 55.3. The third-order valence-electron chi connectivity index (χ3n) is 22.2. The number of aromatic nitrogens is 6. The summed E-state index contributed by atoms with van der Waals surface area (Å²) in [6.07, 6.45) is 3.73. The number of hydrogen-bond acceptors (Lipinski definition) is 8. The molecule has 20 aromatic rings. The normalized spacial score (nSPS) is 11.9. The Bertz CT molecular complexity index is 7220. The fourth-order valence-electron chi connectivity index (χ4n) is 16.3. The first-order valence-electron chi connectivity index (χ1n) is 38.8. The maximum Gasteiger partial charge on any atom is 0.148 e. The van der Waals surface area contributed by atoms with E-state index in [-0.39, 0.29) is 69.9 Å². The second kappa shape index (κ2) is 30.0. The van der Waals surface area contributed by atoms with Gasteiger partial charge in [0.2, 0.25) is 0 Å². The standard InChI is InChI=1S/C54H44N3O2.C50H36N3O2.2Pt/c1-53(2,3)37-24-25-44(43(32-37)33-15-8-7-9-16-33)57-45-21-14-20-40(50(45)56-52(57)41-19-12-13-22-46(41)58)35-29-36(31-38(30-35)54(4,5)6)49-51-42(27-28-55-49)48-39-18-11-10-17-34(39)23-26-47(48)59-51;1-50(2,3)35-24-25-41(40(30-35)31-13-5-4-6-14-31)53-42-21-12-20-37(47(42)52-49(53)38-19-9-10-22-43(38)54)33-16-11-17-34(29-33)46-48-39(27-28-51-46)45-36-18-8-7-15-32(36)23-26-44(45)55-48;;/h7-28,30-32,58H,1-6H3;4-28,30,54H,1-3H3;;/q2*-1;;. The van der Waals surface area contributed by atoms with Crippen molar-refractivity contribution >= 4 is 87.5 Å². The van der Waals surface area contributed by atoms with Crippen molar-refractivity contribution in [2.75, 3.05) is 0 Å². The van der Waals surface area contributed by atoms with Gasteiger partial charge < -0.3 is 19.0 Å². The van der Waals surface area contributed by atoms with Gasteiger partial charge in [0.15, 0.2) is 0 Å². The van der Waals surface area contributed by atoms with Gasteiger partial charge in [-0.25, -0.2) is 9.97 Å². The van der Waals surface area contributed by atoms with Crippen molar-refractivity contribution in [1.29, 1.82) is 0 Å². The Kier molecular flexibility index (Phi) is 19.7. The van der Waals surface area contributed by atoms with Crippen LogP contribution in [-0.2, 0) is 58.4 Å². The number of fused-ring (bicyclic) bond motifs is 12. The fourth-order valence-corrected chi connectivity index (χ4v) is 16.3. The van der Waals surface area contributed by atoms with E-state index >= 15 is 0 Å². The fraction of sp³-hybridized carbons (Fsp3) is 0.115. The topological polar surface area (TPSA) is 128 Å². The summed E-state index contributed by atoms with van der Waals surface area (Å²) in [4.78, 5) is 20.6. The van der Waals surface area contributed by atoms with Crippen LogP contribution in [0, 0.1) is 12.1 Å². The van der Waals surface area contributed by atoms with Crippen molar-refractivity contribution in [3.05, 3.63) is 338 Å². The predicted molar refractivity (Wildman–Crippen MR) is 468 cm³/mol. The third kappa shape index (κ3) is 13.5. The summed E-state index contributed by atoms with van der Waals surface area (Å²) in [6, 6.07) is 109. The third-order valence-corrected chi connectivity index (χ3v) is 22.2. The molecule has 6 heterocycles. The first kappa shape index (κ1) is 76.1. The summed E-state index contributed by atoms with van der Waals surface area (Å²) >= 11 is 0. The molecule has 0 saturated carbocycles. The molecule has 0 atom stereocenters. The Morgan fingerprint density at radius 3 is 1.19 bits per heavy atom. The molecule has 0 saturated heterocycles. The van der Waals surface area contributed by atoms with Crippen LogP contribution in [0.25, 0.3) is 189 Å². The Morgan fingerprint density at radius 1 is 0.319 bits per heavy atom. The van der Waals surface area contributed by atoms with Crippen LogP contribution in [0.1, 0.15) is 79.0 Å². The summed E-state index contributed by atoms with van der Waals surface area (Å²) in [7, 11) is 0. The van der Waals surface area contributed by atoms with E-state index in [0.717, 1.165) is 161 Å². The molecule has 0 radical (unpaired) electrons. The van der Waals surface area contributed by atoms with Gasteiger partial charge in [-0.15, -0.1) is 59.2 Å². The first-order valence-corrected chi connectivity index (χ1v) is 38.8. The molecule has 6 aromatic heterocycles. The minimum Gasteiger partial charge on any atom is -0.507 e. The molecule has 12 heteroatoms. The number of benzene rings is 14. The number of phenolic OH excluding ortho intramolecular Hbond substituents is 2. The van der Waals surface area contributed by atoms with Gasteiger partial charge in [-0.3, -0.25) is 19.1 Å². The smallest absolute Gasteiger partial charge is 0.148 e. The summed E-state index contributed by atoms with van der Waals surface area (Å²) in [5.74, 6) is 1.64. The number of pyridine rings is 2. The van der Waals surface area contributed by atoms with Gasteiger partial charge in [0, 0.05) is 98.6 Å². The molecule has 0 spiro atoms. The number of para-hydroxylation sites is 4. The molecule has 116 heavy (non-hydrogen) atoms. The Balaban J connectivity index is 0.000000164. The van der Waals surface area contributed by atoms with Crippen LogP contribution in [0.4, 0.5) is 0 Å². The van der Waals surface area contributed by atoms with Crippen LogP contribution in [0.5, 0.6) is 11.5 Å². The van der Waals surface area contributed by atoms with E-state index in [2.05, 4.69) is 296 Å². The zero-order chi connectivity index (χ0) is 77.9. The summed E-state index contributed by atoms with van der Waals surface area (Å²) in [5.41, 5.74) is 24.3. The van der Waals surface area contributed by atoms with E-state index in [9.17, 15) is 10.2 Å². The second-order valence-electron chi connectivity index (χ2n) is 32.6. The zero-order valence-corrected chi connectivity index (χ0v) is 70.0. The molecule has 572 valence electrons. The number of phenols is 2. The van der Waals surface area contributed by atoms with Gasteiger partial charge in [-0.1, -0.05) is 267 Å². The molecule has 14 aromatic carbocycles. The maximum absolute atomic E-state index is 11.4. The Labute approximate surface area is 702 Å². The van der Waals surface area contributed by atoms with E-state index in [1.54, 1.807) is 12.1 Å². The van der Waals surface area contributed by atoms with Gasteiger partial charge in [0.05, 0.1) is 44.6 Å². The van der Waals surface area contributed by atoms with E-state index < -0.39 is 0 Å². The summed E-state index contributed by atoms with van der Waals surface area (Å²) < 4.78 is 17.6. The van der Waals surface area contributed by atoms with E-state index in [4.69, 9.17) is 28.8 Å². The number of nitrogens with zero attached hydrogens (tertiary/aromatic N) is 6. The minimum atomic E-state index is -0.190. The number of rotatable bonds is 10. The van der Waals surface area contributed by atoms with Crippen LogP contribution in [0.2, 0.25) is 0 Å². The summed E-state index contributed by atoms with van der Waals surface area (Å²) in [6.45, 7) is 20.1. The van der Waals surface area contributed by atoms with E-state index in [0.29, 0.717) is 22.8 Å². The van der Waals surface area contributed by atoms with Crippen LogP contribution >= 0.6 is 0 Å². The number of furan rings is 2.